The molecule has 1 amide bonds. The SMILES string of the molecule is CSc1ccc2c(c1)C=C(C(=O)N=C(N)N)CCC2. The number of rotatable bonds is 2. The molecule has 0 aliphatic heterocycles. The van der Waals surface area contributed by atoms with Crippen LogP contribution < -0.4 is 11.5 Å². The summed E-state index contributed by atoms with van der Waals surface area (Å²) in [7, 11) is 0. The van der Waals surface area contributed by atoms with Crippen LogP contribution >= 0.6 is 11.8 Å². The summed E-state index contributed by atoms with van der Waals surface area (Å²) in [4.78, 5) is 16.7. The molecule has 0 spiro atoms. The van der Waals surface area contributed by atoms with Crippen LogP contribution in [0.15, 0.2) is 33.7 Å². The van der Waals surface area contributed by atoms with Gasteiger partial charge in [0, 0.05) is 10.5 Å². The maximum atomic E-state index is 11.9. The fourth-order valence-electron chi connectivity index (χ4n) is 2.15. The Labute approximate surface area is 117 Å². The van der Waals surface area contributed by atoms with Crippen LogP contribution in [0.3, 0.4) is 0 Å². The number of nitrogens with two attached hydrogens (primary N) is 2. The minimum absolute atomic E-state index is 0.187. The lowest BCUT2D eigenvalue weighted by molar-refractivity contribution is -0.114. The molecule has 1 aliphatic carbocycles. The second kappa shape index (κ2) is 5.93. The molecule has 0 unspecified atom stereocenters. The van der Waals surface area contributed by atoms with Gasteiger partial charge in [0.05, 0.1) is 0 Å². The summed E-state index contributed by atoms with van der Waals surface area (Å²) in [6.45, 7) is 0. The Morgan fingerprint density at radius 2 is 2.11 bits per heavy atom. The average molecular weight is 275 g/mol. The molecule has 4 N–H and O–H groups in total. The Kier molecular flexibility index (Phi) is 4.27. The maximum absolute atomic E-state index is 11.9. The van der Waals surface area contributed by atoms with Crippen molar-refractivity contribution in [2.75, 3.05) is 6.26 Å². The third-order valence-corrected chi connectivity index (χ3v) is 3.81. The zero-order chi connectivity index (χ0) is 13.8. The minimum atomic E-state index is -0.331. The first-order valence-electron chi connectivity index (χ1n) is 6.11. The topological polar surface area (TPSA) is 81.5 Å². The first-order chi connectivity index (χ1) is 9.10. The van der Waals surface area contributed by atoms with E-state index in [-0.39, 0.29) is 11.9 Å². The molecule has 0 radical (unpaired) electrons. The molecule has 0 heterocycles. The Balaban J connectivity index is 2.39. The molecule has 0 bridgehead atoms. The van der Waals surface area contributed by atoms with Crippen LogP contribution in [0.25, 0.3) is 6.08 Å². The summed E-state index contributed by atoms with van der Waals surface area (Å²) in [5, 5.41) is 0. The molecule has 1 aromatic rings. The molecular weight excluding hydrogens is 258 g/mol. The number of carbonyl (C=O) groups excluding carboxylic acids is 1. The van der Waals surface area contributed by atoms with Gasteiger partial charge < -0.3 is 11.5 Å². The largest absolute Gasteiger partial charge is 0.370 e. The van der Waals surface area contributed by atoms with E-state index in [1.807, 2.05) is 12.3 Å². The van der Waals surface area contributed by atoms with Crippen molar-refractivity contribution >= 4 is 29.7 Å². The van der Waals surface area contributed by atoms with Crippen molar-refractivity contribution in [3.63, 3.8) is 0 Å². The fraction of sp³-hybridized carbons (Fsp3) is 0.286. The first kappa shape index (κ1) is 13.7. The minimum Gasteiger partial charge on any atom is -0.370 e. The molecule has 5 heteroatoms. The number of carbonyl (C=O) groups is 1. The molecule has 2 rings (SSSR count). The molecule has 0 aromatic heterocycles. The van der Waals surface area contributed by atoms with E-state index in [9.17, 15) is 4.79 Å². The molecule has 4 nitrogen and oxygen atoms in total. The van der Waals surface area contributed by atoms with Gasteiger partial charge in [0.15, 0.2) is 5.96 Å². The molecule has 1 aliphatic rings. The lowest BCUT2D eigenvalue weighted by Gasteiger charge is -2.05. The summed E-state index contributed by atoms with van der Waals surface area (Å²) < 4.78 is 0. The van der Waals surface area contributed by atoms with E-state index in [2.05, 4.69) is 23.2 Å². The summed E-state index contributed by atoms with van der Waals surface area (Å²) >= 11 is 1.69. The third-order valence-electron chi connectivity index (χ3n) is 3.08. The van der Waals surface area contributed by atoms with E-state index in [1.165, 1.54) is 10.5 Å². The fourth-order valence-corrected chi connectivity index (χ4v) is 2.60. The van der Waals surface area contributed by atoms with E-state index in [0.717, 1.165) is 18.4 Å². The van der Waals surface area contributed by atoms with Gasteiger partial charge in [0.2, 0.25) is 0 Å². The monoisotopic (exact) mass is 275 g/mol. The van der Waals surface area contributed by atoms with Crippen LogP contribution in [0.1, 0.15) is 24.0 Å². The van der Waals surface area contributed by atoms with Crippen LogP contribution in [0.2, 0.25) is 0 Å². The number of aryl methyl sites for hydroxylation is 1. The molecule has 0 atom stereocenters. The smallest absolute Gasteiger partial charge is 0.276 e. The van der Waals surface area contributed by atoms with E-state index < -0.39 is 0 Å². The lowest BCUT2D eigenvalue weighted by atomic mass is 10.0. The Morgan fingerprint density at radius 1 is 1.32 bits per heavy atom. The predicted molar refractivity (Wildman–Crippen MR) is 80.0 cm³/mol. The van der Waals surface area contributed by atoms with Crippen LogP contribution in [0.5, 0.6) is 0 Å². The molecule has 19 heavy (non-hydrogen) atoms. The number of fused-ring (bicyclic) bond motifs is 1. The Hall–Kier alpha value is -1.75. The zero-order valence-corrected chi connectivity index (χ0v) is 11.7. The summed E-state index contributed by atoms with van der Waals surface area (Å²) in [5.41, 5.74) is 13.5. The molecule has 0 saturated heterocycles. The van der Waals surface area contributed by atoms with Crippen molar-refractivity contribution in [1.29, 1.82) is 0 Å². The van der Waals surface area contributed by atoms with Gasteiger partial charge in [-0.3, -0.25) is 4.79 Å². The average Bonchev–Trinajstić information content (AvgIpc) is 2.59. The van der Waals surface area contributed by atoms with E-state index >= 15 is 0 Å². The Bertz CT molecular complexity index is 560. The number of hydrogen-bond donors (Lipinski definition) is 2. The van der Waals surface area contributed by atoms with Gasteiger partial charge in [-0.2, -0.15) is 4.99 Å². The first-order valence-corrected chi connectivity index (χ1v) is 7.34. The second-order valence-electron chi connectivity index (χ2n) is 4.43. The van der Waals surface area contributed by atoms with Crippen LogP contribution in [0, 0.1) is 0 Å². The summed E-state index contributed by atoms with van der Waals surface area (Å²) in [6.07, 6.45) is 6.56. The van der Waals surface area contributed by atoms with Crippen LogP contribution in [-0.4, -0.2) is 18.1 Å². The Morgan fingerprint density at radius 3 is 2.79 bits per heavy atom. The van der Waals surface area contributed by atoms with Gasteiger partial charge in [-0.05, 0) is 54.9 Å². The number of hydrogen-bond acceptors (Lipinski definition) is 2. The van der Waals surface area contributed by atoms with E-state index in [0.29, 0.717) is 12.0 Å². The van der Waals surface area contributed by atoms with Crippen molar-refractivity contribution in [2.24, 2.45) is 16.5 Å². The number of benzene rings is 1. The number of thioether (sulfide) groups is 1. The van der Waals surface area contributed by atoms with Crippen LogP contribution in [-0.2, 0) is 11.2 Å². The van der Waals surface area contributed by atoms with Gasteiger partial charge in [-0.25, -0.2) is 0 Å². The second-order valence-corrected chi connectivity index (χ2v) is 5.31. The van der Waals surface area contributed by atoms with Gasteiger partial charge in [0.1, 0.15) is 0 Å². The van der Waals surface area contributed by atoms with Gasteiger partial charge in [-0.15, -0.1) is 11.8 Å². The van der Waals surface area contributed by atoms with E-state index in [4.69, 9.17) is 11.5 Å². The zero-order valence-electron chi connectivity index (χ0n) is 10.8. The van der Waals surface area contributed by atoms with Crippen molar-refractivity contribution in [1.82, 2.24) is 0 Å². The van der Waals surface area contributed by atoms with Crippen molar-refractivity contribution in [2.45, 2.75) is 24.2 Å². The predicted octanol–water partition coefficient (Wildman–Crippen LogP) is 1.93. The van der Waals surface area contributed by atoms with Crippen molar-refractivity contribution in [3.8, 4) is 0 Å². The van der Waals surface area contributed by atoms with Gasteiger partial charge in [0.25, 0.3) is 5.91 Å². The molecule has 0 saturated carbocycles. The highest BCUT2D eigenvalue weighted by atomic mass is 32.2. The third kappa shape index (κ3) is 3.38. The highest BCUT2D eigenvalue weighted by Crippen LogP contribution is 2.27. The highest BCUT2D eigenvalue weighted by molar-refractivity contribution is 7.98. The maximum Gasteiger partial charge on any atom is 0.276 e. The molecular formula is C14H17N3OS. The number of nitrogens with zero attached hydrogens (tertiary/aromatic N) is 1. The standard InChI is InChI=1S/C14H17N3OS/c1-19-12-6-5-9-3-2-4-10(7-11(9)8-12)13(18)17-14(15)16/h5-8H,2-4H2,1H3,(H4,15,16,17,18). The molecule has 0 fully saturated rings. The van der Waals surface area contributed by atoms with E-state index in [1.54, 1.807) is 11.8 Å². The summed E-state index contributed by atoms with van der Waals surface area (Å²) in [5.74, 6) is -0.518. The highest BCUT2D eigenvalue weighted by Gasteiger charge is 2.14. The quantitative estimate of drug-likeness (QED) is 0.491. The van der Waals surface area contributed by atoms with Gasteiger partial charge in [-0.1, -0.05) is 6.07 Å². The molecule has 100 valence electrons. The number of amides is 1. The lowest BCUT2D eigenvalue weighted by Crippen LogP contribution is -2.24. The number of guanidine groups is 1. The normalized spacial score (nSPS) is 14.1. The van der Waals surface area contributed by atoms with Gasteiger partial charge >= 0.3 is 0 Å². The summed E-state index contributed by atoms with van der Waals surface area (Å²) in [6, 6.07) is 6.35. The number of aliphatic imine (C=N–C) groups is 1. The van der Waals surface area contributed by atoms with Crippen LogP contribution in [0.4, 0.5) is 0 Å². The molecule has 1 aromatic carbocycles. The van der Waals surface area contributed by atoms with Crippen molar-refractivity contribution < 1.29 is 4.79 Å². The van der Waals surface area contributed by atoms with Crippen molar-refractivity contribution in [3.05, 3.63) is 34.9 Å².